The van der Waals surface area contributed by atoms with Gasteiger partial charge >= 0.3 is 12.3 Å². The van der Waals surface area contributed by atoms with Gasteiger partial charge in [-0.3, -0.25) is 10.1 Å². The predicted molar refractivity (Wildman–Crippen MR) is 111 cm³/mol. The van der Waals surface area contributed by atoms with E-state index >= 15 is 0 Å². The van der Waals surface area contributed by atoms with Crippen molar-refractivity contribution in [2.75, 3.05) is 5.32 Å². The average molecular weight is 440 g/mol. The van der Waals surface area contributed by atoms with Gasteiger partial charge in [-0.15, -0.1) is 0 Å². The Morgan fingerprint density at radius 1 is 1.00 bits per heavy atom. The summed E-state index contributed by atoms with van der Waals surface area (Å²) in [5.74, 6) is -0.799. The van der Waals surface area contributed by atoms with Crippen molar-refractivity contribution in [3.63, 3.8) is 0 Å². The molecule has 4 nitrogen and oxygen atoms in total. The highest BCUT2D eigenvalue weighted by Crippen LogP contribution is 2.35. The number of carbonyl (C=O) groups excluding carboxylic acids is 2. The molecule has 2 aromatic rings. The molecule has 0 aromatic heterocycles. The van der Waals surface area contributed by atoms with Gasteiger partial charge in [0.1, 0.15) is 5.60 Å². The Balaban J connectivity index is 2.34. The summed E-state index contributed by atoms with van der Waals surface area (Å²) >= 11 is 5.75. The number of hydrogen-bond acceptors (Lipinski definition) is 3. The van der Waals surface area contributed by atoms with E-state index in [1.165, 1.54) is 42.5 Å². The van der Waals surface area contributed by atoms with Crippen molar-refractivity contribution in [3.8, 4) is 0 Å². The van der Waals surface area contributed by atoms with Gasteiger partial charge in [0, 0.05) is 16.3 Å². The number of ether oxygens (including phenoxy) is 1. The Bertz CT molecular complexity index is 975. The van der Waals surface area contributed by atoms with Crippen LogP contribution in [0.1, 0.15) is 42.3 Å². The monoisotopic (exact) mass is 439 g/mol. The first-order chi connectivity index (χ1) is 13.8. The minimum absolute atomic E-state index is 0.0843. The molecule has 0 aliphatic rings. The second kappa shape index (κ2) is 8.92. The lowest BCUT2D eigenvalue weighted by molar-refractivity contribution is -0.0689. The first kappa shape index (κ1) is 23.5. The fourth-order valence-electron chi connectivity index (χ4n) is 2.54. The first-order valence-electron chi connectivity index (χ1n) is 8.96. The summed E-state index contributed by atoms with van der Waals surface area (Å²) in [6, 6.07) is 9.34. The van der Waals surface area contributed by atoms with Crippen LogP contribution in [0.5, 0.6) is 0 Å². The molecule has 0 radical (unpaired) electrons. The van der Waals surface area contributed by atoms with Crippen molar-refractivity contribution in [1.29, 1.82) is 0 Å². The lowest BCUT2D eigenvalue weighted by Gasteiger charge is -2.20. The van der Waals surface area contributed by atoms with Crippen LogP contribution in [-0.4, -0.2) is 23.7 Å². The smallest absolute Gasteiger partial charge is 0.417 e. The van der Waals surface area contributed by atoms with E-state index in [2.05, 4.69) is 5.32 Å². The highest BCUT2D eigenvalue weighted by Gasteiger charge is 2.35. The Hall–Kier alpha value is -2.80. The van der Waals surface area contributed by atoms with Crippen LogP contribution in [0.3, 0.4) is 0 Å². The van der Waals surface area contributed by atoms with Crippen LogP contribution >= 0.6 is 11.6 Å². The van der Waals surface area contributed by atoms with Crippen molar-refractivity contribution in [1.82, 2.24) is 0 Å². The van der Waals surface area contributed by atoms with Gasteiger partial charge in [-0.25, -0.2) is 4.79 Å². The van der Waals surface area contributed by atoms with Crippen molar-refractivity contribution in [2.24, 2.45) is 0 Å². The second-order valence-electron chi connectivity index (χ2n) is 7.58. The molecule has 0 bridgehead atoms. The van der Waals surface area contributed by atoms with E-state index in [-0.39, 0.29) is 11.1 Å². The molecule has 160 valence electrons. The summed E-state index contributed by atoms with van der Waals surface area (Å²) in [6.07, 6.45) is -4.92. The number of allylic oxidation sites excluding steroid dienone is 2. The lowest BCUT2D eigenvalue weighted by Crippen LogP contribution is -2.27. The van der Waals surface area contributed by atoms with Gasteiger partial charge in [0.05, 0.1) is 5.57 Å². The summed E-state index contributed by atoms with van der Waals surface area (Å²) in [7, 11) is 0. The van der Waals surface area contributed by atoms with Gasteiger partial charge in [-0.1, -0.05) is 17.7 Å². The third kappa shape index (κ3) is 6.62. The van der Waals surface area contributed by atoms with Crippen LogP contribution in [-0.2, 0) is 4.74 Å². The molecule has 0 fully saturated rings. The number of aryl methyl sites for hydroxylation is 1. The number of anilines is 1. The molecule has 30 heavy (non-hydrogen) atoms. The maximum atomic E-state index is 13.6. The zero-order valence-corrected chi connectivity index (χ0v) is 17.6. The van der Waals surface area contributed by atoms with Crippen LogP contribution in [0, 0.1) is 6.92 Å². The van der Waals surface area contributed by atoms with E-state index in [0.29, 0.717) is 22.3 Å². The van der Waals surface area contributed by atoms with E-state index in [1.807, 2.05) is 0 Å². The van der Waals surface area contributed by atoms with Crippen LogP contribution in [0.25, 0.3) is 5.57 Å². The van der Waals surface area contributed by atoms with Gasteiger partial charge in [0.15, 0.2) is 5.78 Å². The summed E-state index contributed by atoms with van der Waals surface area (Å²) < 4.78 is 46.1. The zero-order valence-electron chi connectivity index (χ0n) is 16.9. The van der Waals surface area contributed by atoms with Gasteiger partial charge < -0.3 is 4.74 Å². The second-order valence-corrected chi connectivity index (χ2v) is 8.02. The molecule has 0 aliphatic carbocycles. The number of alkyl halides is 3. The molecule has 2 rings (SSSR count). The van der Waals surface area contributed by atoms with E-state index in [1.54, 1.807) is 27.7 Å². The van der Waals surface area contributed by atoms with Crippen LogP contribution in [0.15, 0.2) is 48.5 Å². The minimum atomic E-state index is -4.76. The van der Waals surface area contributed by atoms with E-state index in [4.69, 9.17) is 16.3 Å². The molecule has 0 unspecified atom stereocenters. The molecule has 0 spiro atoms. The largest absolute Gasteiger partial charge is 0.444 e. The molecule has 2 aromatic carbocycles. The molecular formula is C22H21ClF3NO3. The highest BCUT2D eigenvalue weighted by atomic mass is 35.5. The molecular weight excluding hydrogens is 419 g/mol. The summed E-state index contributed by atoms with van der Waals surface area (Å²) in [6.45, 7) is 6.63. The topological polar surface area (TPSA) is 55.4 Å². The molecule has 1 N–H and O–H groups in total. The maximum absolute atomic E-state index is 13.6. The number of nitrogens with one attached hydrogen (secondary N) is 1. The number of ketones is 1. The number of hydrogen-bond donors (Lipinski definition) is 1. The normalized spacial score (nSPS) is 12.5. The Kier molecular flexibility index (Phi) is 6.98. The summed E-state index contributed by atoms with van der Waals surface area (Å²) in [4.78, 5) is 24.2. The quantitative estimate of drug-likeness (QED) is 0.420. The van der Waals surface area contributed by atoms with Crippen molar-refractivity contribution in [2.45, 2.75) is 39.5 Å². The fraction of sp³-hybridized carbons (Fsp3) is 0.273. The Morgan fingerprint density at radius 2 is 1.57 bits per heavy atom. The average Bonchev–Trinajstić information content (AvgIpc) is 2.59. The molecule has 8 heteroatoms. The molecule has 1 amide bonds. The Labute approximate surface area is 177 Å². The van der Waals surface area contributed by atoms with Crippen molar-refractivity contribution < 1.29 is 27.5 Å². The number of amides is 1. The third-order valence-electron chi connectivity index (χ3n) is 3.88. The van der Waals surface area contributed by atoms with Crippen molar-refractivity contribution in [3.05, 3.63) is 70.3 Å². The molecule has 0 saturated carbocycles. The van der Waals surface area contributed by atoms with Gasteiger partial charge in [-0.05, 0) is 81.3 Å². The number of rotatable bonds is 4. The number of benzene rings is 2. The third-order valence-corrected chi connectivity index (χ3v) is 4.13. The van der Waals surface area contributed by atoms with Crippen LogP contribution in [0.2, 0.25) is 5.02 Å². The van der Waals surface area contributed by atoms with Crippen LogP contribution in [0.4, 0.5) is 23.7 Å². The molecule has 0 atom stereocenters. The minimum Gasteiger partial charge on any atom is -0.444 e. The fourth-order valence-corrected chi connectivity index (χ4v) is 2.67. The Morgan fingerprint density at radius 3 is 2.07 bits per heavy atom. The standard InChI is InChI=1S/C22H21ClF3NO3/c1-13-11-15(7-10-18(13)27-20(29)30-21(2,3)4)17(22(24,25)26)12-19(28)14-5-8-16(23)9-6-14/h5-12H,1-4H3,(H,27,29)/b17-12+. The SMILES string of the molecule is Cc1cc(/C(=C\C(=O)c2ccc(Cl)cc2)C(F)(F)F)ccc1NC(=O)OC(C)(C)C. The van der Waals surface area contributed by atoms with E-state index in [0.717, 1.165) is 0 Å². The van der Waals surface area contributed by atoms with Gasteiger partial charge in [0.2, 0.25) is 0 Å². The van der Waals surface area contributed by atoms with Crippen molar-refractivity contribution >= 4 is 34.7 Å². The summed E-state index contributed by atoms with van der Waals surface area (Å²) in [5.41, 5.74) is -1.23. The van der Waals surface area contributed by atoms with Gasteiger partial charge in [0.25, 0.3) is 0 Å². The van der Waals surface area contributed by atoms with E-state index in [9.17, 15) is 22.8 Å². The summed E-state index contributed by atoms with van der Waals surface area (Å²) in [5, 5.41) is 2.87. The number of carbonyl (C=O) groups is 2. The predicted octanol–water partition coefficient (Wildman–Crippen LogP) is 6.82. The molecule has 0 aliphatic heterocycles. The van der Waals surface area contributed by atoms with E-state index < -0.39 is 29.2 Å². The molecule has 0 saturated heterocycles. The highest BCUT2D eigenvalue weighted by molar-refractivity contribution is 6.30. The lowest BCUT2D eigenvalue weighted by atomic mass is 9.99. The zero-order chi connectivity index (χ0) is 22.7. The van der Waals surface area contributed by atoms with Gasteiger partial charge in [-0.2, -0.15) is 13.2 Å². The molecule has 0 heterocycles. The number of halogens is 4. The van der Waals surface area contributed by atoms with Crippen LogP contribution < -0.4 is 5.32 Å². The maximum Gasteiger partial charge on any atom is 0.417 e. The first-order valence-corrected chi connectivity index (χ1v) is 9.34.